The SMILES string of the molecule is COc1ccccc1-c1cccc(C(=O)Nc2ccc(-c3ncn(-c4ccc(C(F)(F)F)cc4)n3)cc2)c1. The van der Waals surface area contributed by atoms with Crippen LogP contribution in [0.4, 0.5) is 18.9 Å². The van der Waals surface area contributed by atoms with Crippen LogP contribution in [-0.4, -0.2) is 27.8 Å². The van der Waals surface area contributed by atoms with Gasteiger partial charge in [0.25, 0.3) is 5.91 Å². The van der Waals surface area contributed by atoms with Crippen molar-refractivity contribution in [2.24, 2.45) is 0 Å². The summed E-state index contributed by atoms with van der Waals surface area (Å²) in [6.07, 6.45) is -2.97. The second-order valence-electron chi connectivity index (χ2n) is 8.37. The third kappa shape index (κ3) is 5.27. The summed E-state index contributed by atoms with van der Waals surface area (Å²) in [5.74, 6) is 0.849. The number of carbonyl (C=O) groups is 1. The highest BCUT2D eigenvalue weighted by atomic mass is 19.4. The van der Waals surface area contributed by atoms with Gasteiger partial charge in [-0.25, -0.2) is 9.67 Å². The van der Waals surface area contributed by atoms with E-state index in [-0.39, 0.29) is 5.91 Å². The van der Waals surface area contributed by atoms with Gasteiger partial charge < -0.3 is 10.1 Å². The fourth-order valence-corrected chi connectivity index (χ4v) is 3.94. The quantitative estimate of drug-likeness (QED) is 0.268. The molecule has 1 aromatic heterocycles. The number of methoxy groups -OCH3 is 1. The largest absolute Gasteiger partial charge is 0.496 e. The highest BCUT2D eigenvalue weighted by Crippen LogP contribution is 2.31. The van der Waals surface area contributed by atoms with E-state index in [2.05, 4.69) is 15.4 Å². The van der Waals surface area contributed by atoms with Crippen LogP contribution in [0.2, 0.25) is 0 Å². The lowest BCUT2D eigenvalue weighted by atomic mass is 10.0. The number of alkyl halides is 3. The lowest BCUT2D eigenvalue weighted by molar-refractivity contribution is -0.137. The number of ether oxygens (including phenoxy) is 1. The molecule has 0 saturated carbocycles. The highest BCUT2D eigenvalue weighted by Gasteiger charge is 2.30. The first-order valence-corrected chi connectivity index (χ1v) is 11.6. The summed E-state index contributed by atoms with van der Waals surface area (Å²) in [6, 6.07) is 26.5. The van der Waals surface area contributed by atoms with Gasteiger partial charge in [-0.1, -0.05) is 30.3 Å². The molecule has 0 aliphatic carbocycles. The Hall–Kier alpha value is -4.92. The Morgan fingerprint density at radius 3 is 2.32 bits per heavy atom. The van der Waals surface area contributed by atoms with Crippen molar-refractivity contribution in [1.29, 1.82) is 0 Å². The average molecular weight is 515 g/mol. The maximum absolute atomic E-state index is 12.9. The summed E-state index contributed by atoms with van der Waals surface area (Å²) in [6.45, 7) is 0. The number of anilines is 1. The van der Waals surface area contributed by atoms with E-state index >= 15 is 0 Å². The summed E-state index contributed by atoms with van der Waals surface area (Å²) in [5, 5.41) is 7.24. The molecular formula is C29H21F3N4O2. The molecule has 1 amide bonds. The molecule has 0 unspecified atom stereocenters. The van der Waals surface area contributed by atoms with E-state index in [1.165, 1.54) is 23.1 Å². The number of amides is 1. The third-order valence-electron chi connectivity index (χ3n) is 5.89. The van der Waals surface area contributed by atoms with E-state index in [1.807, 2.05) is 36.4 Å². The summed E-state index contributed by atoms with van der Waals surface area (Å²) >= 11 is 0. The summed E-state index contributed by atoms with van der Waals surface area (Å²) < 4.78 is 45.3. The molecule has 1 heterocycles. The molecule has 0 spiro atoms. The van der Waals surface area contributed by atoms with Crippen molar-refractivity contribution in [3.05, 3.63) is 115 Å². The maximum atomic E-state index is 12.9. The number of hydrogen-bond donors (Lipinski definition) is 1. The van der Waals surface area contributed by atoms with Gasteiger partial charge in [-0.3, -0.25) is 4.79 Å². The minimum atomic E-state index is -4.40. The molecule has 5 aromatic rings. The third-order valence-corrected chi connectivity index (χ3v) is 5.89. The van der Waals surface area contributed by atoms with Crippen LogP contribution in [0.15, 0.2) is 103 Å². The van der Waals surface area contributed by atoms with E-state index < -0.39 is 11.7 Å². The Labute approximate surface area is 216 Å². The Morgan fingerprint density at radius 1 is 0.868 bits per heavy atom. The van der Waals surface area contributed by atoms with Crippen molar-refractivity contribution in [1.82, 2.24) is 14.8 Å². The fraction of sp³-hybridized carbons (Fsp3) is 0.0690. The molecule has 0 aliphatic rings. The van der Waals surface area contributed by atoms with E-state index in [9.17, 15) is 18.0 Å². The molecule has 0 radical (unpaired) electrons. The number of aromatic nitrogens is 3. The first kappa shape index (κ1) is 24.8. The number of carbonyl (C=O) groups excluding carboxylic acids is 1. The fourth-order valence-electron chi connectivity index (χ4n) is 3.94. The lowest BCUT2D eigenvalue weighted by Crippen LogP contribution is -2.11. The first-order valence-electron chi connectivity index (χ1n) is 11.6. The van der Waals surface area contributed by atoms with Crippen LogP contribution in [0.5, 0.6) is 5.75 Å². The molecule has 0 atom stereocenters. The number of halogens is 3. The minimum absolute atomic E-state index is 0.265. The topological polar surface area (TPSA) is 69.0 Å². The lowest BCUT2D eigenvalue weighted by Gasteiger charge is -2.10. The van der Waals surface area contributed by atoms with E-state index in [4.69, 9.17) is 4.74 Å². The molecule has 38 heavy (non-hydrogen) atoms. The van der Waals surface area contributed by atoms with Crippen LogP contribution in [-0.2, 0) is 6.18 Å². The predicted molar refractivity (Wildman–Crippen MR) is 138 cm³/mol. The number of benzene rings is 4. The molecule has 0 saturated heterocycles. The van der Waals surface area contributed by atoms with Gasteiger partial charge in [0.2, 0.25) is 0 Å². The number of nitrogens with zero attached hydrogens (tertiary/aromatic N) is 3. The highest BCUT2D eigenvalue weighted by molar-refractivity contribution is 6.05. The van der Waals surface area contributed by atoms with Gasteiger partial charge in [0.1, 0.15) is 12.1 Å². The second-order valence-corrected chi connectivity index (χ2v) is 8.37. The van der Waals surface area contributed by atoms with Gasteiger partial charge in [0.05, 0.1) is 18.4 Å². The van der Waals surface area contributed by atoms with Crippen LogP contribution >= 0.6 is 0 Å². The zero-order valence-corrected chi connectivity index (χ0v) is 20.1. The molecule has 9 heteroatoms. The molecule has 0 aliphatic heterocycles. The Balaban J connectivity index is 1.29. The van der Waals surface area contributed by atoms with Crippen molar-refractivity contribution in [3.8, 4) is 34.0 Å². The summed E-state index contributed by atoms with van der Waals surface area (Å²) in [7, 11) is 1.60. The Kier molecular flexibility index (Phi) is 6.66. The van der Waals surface area contributed by atoms with Gasteiger partial charge in [-0.05, 0) is 72.3 Å². The smallest absolute Gasteiger partial charge is 0.416 e. The van der Waals surface area contributed by atoms with Gasteiger partial charge >= 0.3 is 6.18 Å². The van der Waals surface area contributed by atoms with Crippen molar-refractivity contribution >= 4 is 11.6 Å². The molecule has 4 aromatic carbocycles. The predicted octanol–water partition coefficient (Wildman–Crippen LogP) is 6.88. The number of rotatable bonds is 6. The zero-order valence-electron chi connectivity index (χ0n) is 20.1. The first-order chi connectivity index (χ1) is 18.3. The monoisotopic (exact) mass is 514 g/mol. The summed E-state index contributed by atoms with van der Waals surface area (Å²) in [5.41, 5.74) is 3.24. The zero-order chi connectivity index (χ0) is 26.7. The van der Waals surface area contributed by atoms with E-state index in [0.717, 1.165) is 29.0 Å². The molecular weight excluding hydrogens is 493 g/mol. The molecule has 0 fully saturated rings. The average Bonchev–Trinajstić information content (AvgIpc) is 3.43. The standard InChI is InChI=1S/C29H21F3N4O2/c1-38-26-8-3-2-7-25(26)20-5-4-6-21(17-20)28(37)34-23-13-9-19(10-14-23)27-33-18-36(35-27)24-15-11-22(12-16-24)29(30,31)32/h2-18H,1H3,(H,34,37). The van der Waals surface area contributed by atoms with Gasteiger partial charge in [-0.15, -0.1) is 5.10 Å². The molecule has 6 nitrogen and oxygen atoms in total. The van der Waals surface area contributed by atoms with Crippen molar-refractivity contribution in [2.45, 2.75) is 6.18 Å². The van der Waals surface area contributed by atoms with E-state index in [1.54, 1.807) is 43.5 Å². The maximum Gasteiger partial charge on any atom is 0.416 e. The minimum Gasteiger partial charge on any atom is -0.496 e. The Morgan fingerprint density at radius 2 is 1.61 bits per heavy atom. The van der Waals surface area contributed by atoms with Crippen molar-refractivity contribution in [3.63, 3.8) is 0 Å². The van der Waals surface area contributed by atoms with Crippen LogP contribution in [0.1, 0.15) is 15.9 Å². The van der Waals surface area contributed by atoms with Crippen molar-refractivity contribution < 1.29 is 22.7 Å². The van der Waals surface area contributed by atoms with Crippen LogP contribution < -0.4 is 10.1 Å². The van der Waals surface area contributed by atoms with Gasteiger partial charge in [0, 0.05) is 22.4 Å². The molecule has 1 N–H and O–H groups in total. The molecule has 0 bridgehead atoms. The summed E-state index contributed by atoms with van der Waals surface area (Å²) in [4.78, 5) is 17.2. The van der Waals surface area contributed by atoms with Crippen LogP contribution in [0.3, 0.4) is 0 Å². The van der Waals surface area contributed by atoms with Gasteiger partial charge in [0.15, 0.2) is 5.82 Å². The molecule has 5 rings (SSSR count). The Bertz CT molecular complexity index is 1580. The van der Waals surface area contributed by atoms with Gasteiger partial charge in [-0.2, -0.15) is 13.2 Å². The number of hydrogen-bond acceptors (Lipinski definition) is 4. The van der Waals surface area contributed by atoms with Crippen LogP contribution in [0, 0.1) is 0 Å². The van der Waals surface area contributed by atoms with Crippen LogP contribution in [0.25, 0.3) is 28.2 Å². The normalized spacial score (nSPS) is 11.3. The molecule has 190 valence electrons. The second kappa shape index (κ2) is 10.2. The van der Waals surface area contributed by atoms with E-state index in [0.29, 0.717) is 28.3 Å². The number of nitrogens with one attached hydrogen (secondary N) is 1. The number of para-hydroxylation sites is 1. The van der Waals surface area contributed by atoms with Crippen molar-refractivity contribution in [2.75, 3.05) is 12.4 Å².